The summed E-state index contributed by atoms with van der Waals surface area (Å²) in [7, 11) is 0. The van der Waals surface area contributed by atoms with Crippen LogP contribution in [0.3, 0.4) is 0 Å². The molecule has 0 atom stereocenters. The summed E-state index contributed by atoms with van der Waals surface area (Å²) >= 11 is 5.65. The van der Waals surface area contributed by atoms with Gasteiger partial charge in [0.25, 0.3) is 0 Å². The van der Waals surface area contributed by atoms with Gasteiger partial charge in [-0.2, -0.15) is 0 Å². The summed E-state index contributed by atoms with van der Waals surface area (Å²) in [5.74, 6) is 0.533. The van der Waals surface area contributed by atoms with Crippen LogP contribution in [0.5, 0.6) is 5.75 Å². The van der Waals surface area contributed by atoms with Crippen LogP contribution >= 0.6 is 11.6 Å². The molecule has 0 aliphatic heterocycles. The lowest BCUT2D eigenvalue weighted by Gasteiger charge is -2.04. The van der Waals surface area contributed by atoms with Crippen LogP contribution in [-0.4, -0.2) is 16.1 Å². The molecular formula is C11H8ClN3O2. The zero-order valence-corrected chi connectivity index (χ0v) is 9.39. The second-order valence-electron chi connectivity index (χ2n) is 3.03. The molecule has 1 amide bonds. The zero-order valence-electron chi connectivity index (χ0n) is 8.63. The number of amides is 1. The Bertz CT molecular complexity index is 519. The molecule has 1 aromatic carbocycles. The van der Waals surface area contributed by atoms with Gasteiger partial charge in [0.05, 0.1) is 0 Å². The third-order valence-electron chi connectivity index (χ3n) is 1.79. The number of carbonyl (C=O) groups excluding carboxylic acids is 1. The molecule has 6 heteroatoms. The maximum Gasteiger partial charge on any atom is 0.419 e. The highest BCUT2D eigenvalue weighted by Crippen LogP contribution is 2.10. The van der Waals surface area contributed by atoms with E-state index in [9.17, 15) is 4.79 Å². The monoisotopic (exact) mass is 249 g/mol. The smallest absolute Gasteiger partial charge is 0.410 e. The zero-order chi connectivity index (χ0) is 12.1. The minimum Gasteiger partial charge on any atom is -0.410 e. The molecule has 0 unspecified atom stereocenters. The Morgan fingerprint density at radius 3 is 2.71 bits per heavy atom. The fourth-order valence-electron chi connectivity index (χ4n) is 1.11. The fraction of sp³-hybridized carbons (Fsp3) is 0. The number of benzene rings is 1. The Hall–Kier alpha value is -2.14. The van der Waals surface area contributed by atoms with Gasteiger partial charge < -0.3 is 4.74 Å². The van der Waals surface area contributed by atoms with Crippen molar-refractivity contribution in [2.24, 2.45) is 0 Å². The average Bonchev–Trinajstić information content (AvgIpc) is 2.30. The van der Waals surface area contributed by atoms with Crippen LogP contribution in [0, 0.1) is 0 Å². The number of rotatable bonds is 2. The number of hydrogen-bond acceptors (Lipinski definition) is 4. The van der Waals surface area contributed by atoms with E-state index in [-0.39, 0.29) is 11.1 Å². The van der Waals surface area contributed by atoms with E-state index in [1.165, 1.54) is 12.3 Å². The van der Waals surface area contributed by atoms with Crippen molar-refractivity contribution in [2.45, 2.75) is 0 Å². The van der Waals surface area contributed by atoms with Gasteiger partial charge in [-0.25, -0.2) is 14.8 Å². The van der Waals surface area contributed by atoms with Crippen molar-refractivity contribution in [3.05, 3.63) is 47.7 Å². The summed E-state index contributed by atoms with van der Waals surface area (Å²) in [4.78, 5) is 19.0. The van der Waals surface area contributed by atoms with Crippen LogP contribution in [0.4, 0.5) is 10.7 Å². The standard InChI is InChI=1S/C11H8ClN3O2/c12-9-6-7-13-10(14-9)15-11(16)17-8-4-2-1-3-5-8/h1-7H,(H,13,14,15,16). The van der Waals surface area contributed by atoms with Crippen LogP contribution < -0.4 is 10.1 Å². The first kappa shape index (κ1) is 11.3. The summed E-state index contributed by atoms with van der Waals surface area (Å²) in [6.07, 6.45) is 0.770. The fourth-order valence-corrected chi connectivity index (χ4v) is 1.25. The van der Waals surface area contributed by atoms with Crippen molar-refractivity contribution in [3.63, 3.8) is 0 Å². The van der Waals surface area contributed by atoms with Gasteiger partial charge in [0, 0.05) is 6.20 Å². The predicted octanol–water partition coefficient (Wildman–Crippen LogP) is 2.74. The number of para-hydroxylation sites is 1. The molecule has 17 heavy (non-hydrogen) atoms. The first-order valence-electron chi connectivity index (χ1n) is 4.76. The average molecular weight is 250 g/mol. The minimum atomic E-state index is -0.668. The van der Waals surface area contributed by atoms with E-state index in [1.807, 2.05) is 6.07 Å². The molecule has 0 aliphatic rings. The first-order valence-corrected chi connectivity index (χ1v) is 5.14. The number of anilines is 1. The van der Waals surface area contributed by atoms with Gasteiger partial charge >= 0.3 is 6.09 Å². The number of ether oxygens (including phenoxy) is 1. The normalized spacial score (nSPS) is 9.71. The molecule has 1 N–H and O–H groups in total. The number of aromatic nitrogens is 2. The lowest BCUT2D eigenvalue weighted by molar-refractivity contribution is 0.215. The SMILES string of the molecule is O=C(Nc1nccc(Cl)n1)Oc1ccccc1. The Labute approximate surface area is 102 Å². The van der Waals surface area contributed by atoms with Crippen molar-refractivity contribution < 1.29 is 9.53 Å². The molecule has 0 saturated heterocycles. The third kappa shape index (κ3) is 3.42. The quantitative estimate of drug-likeness (QED) is 0.831. The number of halogens is 1. The molecule has 5 nitrogen and oxygen atoms in total. The minimum absolute atomic E-state index is 0.0958. The van der Waals surface area contributed by atoms with Gasteiger partial charge in [0.1, 0.15) is 10.9 Å². The van der Waals surface area contributed by atoms with Crippen LogP contribution in [0.2, 0.25) is 5.15 Å². The topological polar surface area (TPSA) is 64.1 Å². The lowest BCUT2D eigenvalue weighted by atomic mass is 10.3. The summed E-state index contributed by atoms with van der Waals surface area (Å²) in [5.41, 5.74) is 0. The largest absolute Gasteiger partial charge is 0.419 e. The molecule has 1 heterocycles. The van der Waals surface area contributed by atoms with E-state index in [4.69, 9.17) is 16.3 Å². The molecule has 0 saturated carbocycles. The van der Waals surface area contributed by atoms with Crippen LogP contribution in [0.15, 0.2) is 42.6 Å². The molecular weight excluding hydrogens is 242 g/mol. The number of hydrogen-bond donors (Lipinski definition) is 1. The van der Waals surface area contributed by atoms with E-state index in [0.717, 1.165) is 0 Å². The Kier molecular flexibility index (Phi) is 3.52. The van der Waals surface area contributed by atoms with Gasteiger partial charge in [0.15, 0.2) is 0 Å². The van der Waals surface area contributed by atoms with Crippen LogP contribution in [0.1, 0.15) is 0 Å². The van der Waals surface area contributed by atoms with Crippen molar-refractivity contribution in [1.29, 1.82) is 0 Å². The van der Waals surface area contributed by atoms with Gasteiger partial charge in [0.2, 0.25) is 5.95 Å². The molecule has 0 aliphatic carbocycles. The molecule has 0 fully saturated rings. The predicted molar refractivity (Wildman–Crippen MR) is 63.1 cm³/mol. The van der Waals surface area contributed by atoms with Crippen molar-refractivity contribution in [3.8, 4) is 5.75 Å². The van der Waals surface area contributed by atoms with E-state index >= 15 is 0 Å². The second kappa shape index (κ2) is 5.27. The molecule has 2 aromatic rings. The maximum atomic E-state index is 11.4. The molecule has 0 bridgehead atoms. The number of nitrogens with zero attached hydrogens (tertiary/aromatic N) is 2. The summed E-state index contributed by atoms with van der Waals surface area (Å²) in [6.45, 7) is 0. The lowest BCUT2D eigenvalue weighted by Crippen LogP contribution is -2.18. The van der Waals surface area contributed by atoms with E-state index in [1.54, 1.807) is 24.3 Å². The Balaban J connectivity index is 1.98. The molecule has 1 aromatic heterocycles. The Morgan fingerprint density at radius 1 is 1.24 bits per heavy atom. The summed E-state index contributed by atoms with van der Waals surface area (Å²) in [6, 6.07) is 10.2. The van der Waals surface area contributed by atoms with Crippen molar-refractivity contribution in [1.82, 2.24) is 9.97 Å². The van der Waals surface area contributed by atoms with Gasteiger partial charge in [-0.1, -0.05) is 29.8 Å². The van der Waals surface area contributed by atoms with Gasteiger partial charge in [-0.3, -0.25) is 5.32 Å². The highest BCUT2D eigenvalue weighted by molar-refractivity contribution is 6.29. The molecule has 0 radical (unpaired) electrons. The van der Waals surface area contributed by atoms with Crippen LogP contribution in [0.25, 0.3) is 0 Å². The number of carbonyl (C=O) groups is 1. The molecule has 0 spiro atoms. The van der Waals surface area contributed by atoms with Gasteiger partial charge in [-0.05, 0) is 18.2 Å². The third-order valence-corrected chi connectivity index (χ3v) is 2.00. The molecule has 86 valence electrons. The van der Waals surface area contributed by atoms with E-state index < -0.39 is 6.09 Å². The maximum absolute atomic E-state index is 11.4. The van der Waals surface area contributed by atoms with E-state index in [2.05, 4.69) is 15.3 Å². The summed E-state index contributed by atoms with van der Waals surface area (Å²) in [5, 5.41) is 2.61. The van der Waals surface area contributed by atoms with Crippen molar-refractivity contribution in [2.75, 3.05) is 5.32 Å². The summed E-state index contributed by atoms with van der Waals surface area (Å²) < 4.78 is 4.99. The second-order valence-corrected chi connectivity index (χ2v) is 3.42. The highest BCUT2D eigenvalue weighted by atomic mass is 35.5. The highest BCUT2D eigenvalue weighted by Gasteiger charge is 2.06. The first-order chi connectivity index (χ1) is 8.24. The molecule has 2 rings (SSSR count). The van der Waals surface area contributed by atoms with E-state index in [0.29, 0.717) is 5.75 Å². The van der Waals surface area contributed by atoms with Crippen molar-refractivity contribution >= 4 is 23.6 Å². The van der Waals surface area contributed by atoms with Gasteiger partial charge in [-0.15, -0.1) is 0 Å². The van der Waals surface area contributed by atoms with Crippen LogP contribution in [-0.2, 0) is 0 Å². The number of nitrogens with one attached hydrogen (secondary N) is 1. The Morgan fingerprint density at radius 2 is 2.00 bits per heavy atom.